The average molecular weight is 293 g/mol. The van der Waals surface area contributed by atoms with Gasteiger partial charge in [0.25, 0.3) is 0 Å². The minimum atomic E-state index is 0.276. The monoisotopic (exact) mass is 292 g/mol. The van der Waals surface area contributed by atoms with Crippen LogP contribution in [-0.4, -0.2) is 12.4 Å². The number of ether oxygens (including phenoxy) is 1. The van der Waals surface area contributed by atoms with Gasteiger partial charge in [0.05, 0.1) is 6.61 Å². The van der Waals surface area contributed by atoms with Gasteiger partial charge >= 0.3 is 0 Å². The van der Waals surface area contributed by atoms with Crippen LogP contribution in [0.25, 0.3) is 0 Å². The van der Waals surface area contributed by atoms with Gasteiger partial charge in [0.2, 0.25) is 0 Å². The number of halogens is 1. The lowest BCUT2D eigenvalue weighted by molar-refractivity contribution is -0.116. The summed E-state index contributed by atoms with van der Waals surface area (Å²) >= 11 is 3.44. The smallest absolute Gasteiger partial charge is 0.162 e. The molecule has 0 unspecified atom stereocenters. The van der Waals surface area contributed by atoms with Gasteiger partial charge in [0.1, 0.15) is 5.76 Å². The second-order valence-corrected chi connectivity index (χ2v) is 5.42. The van der Waals surface area contributed by atoms with Gasteiger partial charge in [-0.25, -0.2) is 0 Å². The van der Waals surface area contributed by atoms with Gasteiger partial charge in [-0.3, -0.25) is 4.79 Å². The standard InChI is InChI=1S/C14H13BrO2/c15-10-3-1-9(2-4-10)11-5-6-13(16)12-7-8-17-14(11)12/h1-4,11H,5-8H2/t11-/m1/s1. The third-order valence-corrected chi connectivity index (χ3v) is 4.02. The first-order valence-corrected chi connectivity index (χ1v) is 6.69. The third kappa shape index (κ3) is 1.93. The van der Waals surface area contributed by atoms with Crippen molar-refractivity contribution in [3.05, 3.63) is 45.6 Å². The molecular formula is C14H13BrO2. The van der Waals surface area contributed by atoms with Gasteiger partial charge in [-0.15, -0.1) is 0 Å². The Hall–Kier alpha value is -1.09. The molecule has 1 aromatic carbocycles. The molecule has 0 saturated heterocycles. The molecule has 2 aliphatic rings. The molecule has 88 valence electrons. The zero-order valence-electron chi connectivity index (χ0n) is 9.41. The zero-order valence-corrected chi connectivity index (χ0v) is 11.0. The molecule has 1 aliphatic carbocycles. The molecular weight excluding hydrogens is 280 g/mol. The van der Waals surface area contributed by atoms with Crippen LogP contribution < -0.4 is 0 Å². The first-order valence-electron chi connectivity index (χ1n) is 5.90. The van der Waals surface area contributed by atoms with Crippen molar-refractivity contribution in [3.63, 3.8) is 0 Å². The van der Waals surface area contributed by atoms with Crippen LogP contribution in [-0.2, 0) is 9.53 Å². The lowest BCUT2D eigenvalue weighted by atomic mass is 9.83. The third-order valence-electron chi connectivity index (χ3n) is 3.49. The topological polar surface area (TPSA) is 26.3 Å². The van der Waals surface area contributed by atoms with E-state index in [9.17, 15) is 4.79 Å². The highest BCUT2D eigenvalue weighted by Gasteiger charge is 2.33. The van der Waals surface area contributed by atoms with Crippen molar-refractivity contribution >= 4 is 21.7 Å². The van der Waals surface area contributed by atoms with Crippen LogP contribution >= 0.6 is 15.9 Å². The van der Waals surface area contributed by atoms with Crippen LogP contribution in [0.2, 0.25) is 0 Å². The summed E-state index contributed by atoms with van der Waals surface area (Å²) < 4.78 is 6.75. The Bertz CT molecular complexity index is 487. The van der Waals surface area contributed by atoms with E-state index in [1.807, 2.05) is 12.1 Å². The molecule has 0 aromatic heterocycles. The number of benzene rings is 1. The maximum Gasteiger partial charge on any atom is 0.162 e. The molecule has 1 heterocycles. The fourth-order valence-electron chi connectivity index (χ4n) is 2.63. The first kappa shape index (κ1) is 11.0. The summed E-state index contributed by atoms with van der Waals surface area (Å²) in [6.45, 7) is 0.670. The SMILES string of the molecule is O=C1CC[C@H](c2ccc(Br)cc2)C2=C1CCO2. The summed E-state index contributed by atoms with van der Waals surface area (Å²) in [6.07, 6.45) is 2.32. The van der Waals surface area contributed by atoms with Crippen LogP contribution in [0.5, 0.6) is 0 Å². The Morgan fingerprint density at radius 3 is 2.71 bits per heavy atom. The summed E-state index contributed by atoms with van der Waals surface area (Å²) in [5.74, 6) is 1.49. The van der Waals surface area contributed by atoms with Gasteiger partial charge < -0.3 is 4.74 Å². The van der Waals surface area contributed by atoms with Crippen molar-refractivity contribution < 1.29 is 9.53 Å². The molecule has 0 bridgehead atoms. The normalized spacial score (nSPS) is 23.6. The summed E-state index contributed by atoms with van der Waals surface area (Å²) in [5.41, 5.74) is 2.18. The predicted octanol–water partition coefficient (Wildman–Crippen LogP) is 3.57. The van der Waals surface area contributed by atoms with Crippen molar-refractivity contribution in [1.82, 2.24) is 0 Å². The largest absolute Gasteiger partial charge is 0.497 e. The highest BCUT2D eigenvalue weighted by molar-refractivity contribution is 9.10. The van der Waals surface area contributed by atoms with Crippen molar-refractivity contribution in [1.29, 1.82) is 0 Å². The van der Waals surface area contributed by atoms with Crippen LogP contribution in [0.15, 0.2) is 40.1 Å². The summed E-state index contributed by atoms with van der Waals surface area (Å²) in [6, 6.07) is 8.30. The van der Waals surface area contributed by atoms with Gasteiger partial charge in [0, 0.05) is 28.8 Å². The number of carbonyl (C=O) groups is 1. The Morgan fingerprint density at radius 2 is 1.94 bits per heavy atom. The van der Waals surface area contributed by atoms with Crippen LogP contribution in [0, 0.1) is 0 Å². The Labute approximate surface area is 109 Å². The van der Waals surface area contributed by atoms with E-state index in [0.29, 0.717) is 13.0 Å². The van der Waals surface area contributed by atoms with E-state index < -0.39 is 0 Å². The van der Waals surface area contributed by atoms with E-state index in [-0.39, 0.29) is 11.7 Å². The summed E-state index contributed by atoms with van der Waals surface area (Å²) in [4.78, 5) is 11.8. The first-order chi connectivity index (χ1) is 8.25. The molecule has 2 nitrogen and oxygen atoms in total. The molecule has 17 heavy (non-hydrogen) atoms. The summed E-state index contributed by atoms with van der Waals surface area (Å²) in [5, 5.41) is 0. The summed E-state index contributed by atoms with van der Waals surface area (Å²) in [7, 11) is 0. The number of Topliss-reactive ketones (excluding diaryl/α,β-unsaturated/α-hetero) is 1. The van der Waals surface area contributed by atoms with E-state index in [4.69, 9.17) is 4.74 Å². The minimum Gasteiger partial charge on any atom is -0.497 e. The minimum absolute atomic E-state index is 0.276. The molecule has 0 radical (unpaired) electrons. The fraction of sp³-hybridized carbons (Fsp3) is 0.357. The van der Waals surface area contributed by atoms with Gasteiger partial charge in [-0.1, -0.05) is 28.1 Å². The number of hydrogen-bond donors (Lipinski definition) is 0. The Morgan fingerprint density at radius 1 is 1.18 bits per heavy atom. The second kappa shape index (κ2) is 4.30. The molecule has 3 rings (SSSR count). The lowest BCUT2D eigenvalue weighted by Gasteiger charge is -2.23. The highest BCUT2D eigenvalue weighted by Crippen LogP contribution is 2.40. The maximum absolute atomic E-state index is 11.8. The van der Waals surface area contributed by atoms with E-state index in [2.05, 4.69) is 28.1 Å². The number of rotatable bonds is 1. The molecule has 0 N–H and O–H groups in total. The molecule has 0 saturated carbocycles. The van der Waals surface area contributed by atoms with Crippen molar-refractivity contribution in [2.24, 2.45) is 0 Å². The van der Waals surface area contributed by atoms with Crippen LogP contribution in [0.1, 0.15) is 30.7 Å². The van der Waals surface area contributed by atoms with Crippen LogP contribution in [0.3, 0.4) is 0 Å². The average Bonchev–Trinajstić information content (AvgIpc) is 2.81. The van der Waals surface area contributed by atoms with E-state index >= 15 is 0 Å². The molecule has 1 aliphatic heterocycles. The van der Waals surface area contributed by atoms with E-state index in [0.717, 1.165) is 28.6 Å². The molecule has 1 aromatic rings. The van der Waals surface area contributed by atoms with Crippen molar-refractivity contribution in [2.75, 3.05) is 6.61 Å². The quantitative estimate of drug-likeness (QED) is 0.791. The molecule has 1 atom stereocenters. The molecule has 0 fully saturated rings. The Kier molecular flexibility index (Phi) is 2.79. The van der Waals surface area contributed by atoms with Gasteiger partial charge in [-0.2, -0.15) is 0 Å². The Balaban J connectivity index is 1.98. The van der Waals surface area contributed by atoms with Crippen LogP contribution in [0.4, 0.5) is 0 Å². The van der Waals surface area contributed by atoms with E-state index in [1.165, 1.54) is 5.56 Å². The van der Waals surface area contributed by atoms with Crippen molar-refractivity contribution in [3.8, 4) is 0 Å². The molecule has 0 amide bonds. The van der Waals surface area contributed by atoms with Crippen molar-refractivity contribution in [2.45, 2.75) is 25.2 Å². The number of allylic oxidation sites excluding steroid dienone is 1. The van der Waals surface area contributed by atoms with Gasteiger partial charge in [-0.05, 0) is 24.1 Å². The van der Waals surface area contributed by atoms with Gasteiger partial charge in [0.15, 0.2) is 5.78 Å². The zero-order chi connectivity index (χ0) is 11.8. The highest BCUT2D eigenvalue weighted by atomic mass is 79.9. The number of carbonyl (C=O) groups excluding carboxylic acids is 1. The second-order valence-electron chi connectivity index (χ2n) is 4.51. The fourth-order valence-corrected chi connectivity index (χ4v) is 2.90. The van der Waals surface area contributed by atoms with E-state index in [1.54, 1.807) is 0 Å². The number of ketones is 1. The molecule has 0 spiro atoms. The predicted molar refractivity (Wildman–Crippen MR) is 68.7 cm³/mol. The molecule has 3 heteroatoms. The maximum atomic E-state index is 11.8. The lowest BCUT2D eigenvalue weighted by Crippen LogP contribution is -2.16. The number of hydrogen-bond acceptors (Lipinski definition) is 2.